The predicted molar refractivity (Wildman–Crippen MR) is 103 cm³/mol. The molecule has 0 fully saturated rings. The van der Waals surface area contributed by atoms with Crippen LogP contribution in [0, 0.1) is 5.82 Å². The van der Waals surface area contributed by atoms with Crippen molar-refractivity contribution in [1.82, 2.24) is 19.1 Å². The number of benzene rings is 1. The lowest BCUT2D eigenvalue weighted by atomic mass is 10.2. The van der Waals surface area contributed by atoms with Gasteiger partial charge in [-0.15, -0.1) is 0 Å². The van der Waals surface area contributed by atoms with Gasteiger partial charge < -0.3 is 4.74 Å². The summed E-state index contributed by atoms with van der Waals surface area (Å²) in [6.45, 7) is 1.62. The topological polar surface area (TPSA) is 96.1 Å². The minimum Gasteiger partial charge on any atom is -0.468 e. The van der Waals surface area contributed by atoms with E-state index in [9.17, 15) is 18.8 Å². The first-order chi connectivity index (χ1) is 13.2. The van der Waals surface area contributed by atoms with Gasteiger partial charge in [-0.3, -0.25) is 18.7 Å². The molecule has 3 aromatic rings. The fourth-order valence-electron chi connectivity index (χ4n) is 2.62. The molecule has 3 rings (SSSR count). The number of methoxy groups -OCH3 is 1. The monoisotopic (exact) mass is 404 g/mol. The van der Waals surface area contributed by atoms with E-state index in [0.717, 1.165) is 16.3 Å². The second-order valence-corrected chi connectivity index (χ2v) is 7.38. The Kier molecular flexibility index (Phi) is 5.32. The van der Waals surface area contributed by atoms with Crippen molar-refractivity contribution in [3.8, 4) is 11.4 Å². The highest BCUT2D eigenvalue weighted by Crippen LogP contribution is 2.29. The van der Waals surface area contributed by atoms with Crippen molar-refractivity contribution >= 4 is 28.8 Å². The molecule has 2 aromatic heterocycles. The van der Waals surface area contributed by atoms with Crippen LogP contribution >= 0.6 is 11.8 Å². The zero-order chi connectivity index (χ0) is 20.6. The molecule has 8 nitrogen and oxygen atoms in total. The third-order valence-electron chi connectivity index (χ3n) is 4.19. The lowest BCUT2D eigenvalue weighted by Gasteiger charge is -2.14. The number of nitrogens with zero attached hydrogens (tertiary/aromatic N) is 4. The van der Waals surface area contributed by atoms with Crippen molar-refractivity contribution < 1.29 is 13.9 Å². The van der Waals surface area contributed by atoms with Crippen LogP contribution in [0.25, 0.3) is 22.4 Å². The highest BCUT2D eigenvalue weighted by molar-refractivity contribution is 8.00. The second kappa shape index (κ2) is 7.55. The Hall–Kier alpha value is -3.01. The van der Waals surface area contributed by atoms with Crippen molar-refractivity contribution in [2.24, 2.45) is 14.1 Å². The lowest BCUT2D eigenvalue weighted by Crippen LogP contribution is -2.37. The van der Waals surface area contributed by atoms with Gasteiger partial charge in [-0.25, -0.2) is 19.2 Å². The number of hydrogen-bond donors (Lipinski definition) is 0. The minimum atomic E-state index is -0.647. The Labute approximate surface area is 163 Å². The molecule has 10 heteroatoms. The van der Waals surface area contributed by atoms with E-state index in [-0.39, 0.29) is 21.9 Å². The molecule has 0 bridgehead atoms. The number of carbonyl (C=O) groups excluding carboxylic acids is 1. The van der Waals surface area contributed by atoms with Gasteiger partial charge in [0, 0.05) is 19.7 Å². The number of aryl methyl sites for hydroxylation is 1. The largest absolute Gasteiger partial charge is 0.468 e. The maximum absolute atomic E-state index is 13.3. The van der Waals surface area contributed by atoms with Gasteiger partial charge in [-0.2, -0.15) is 0 Å². The fourth-order valence-corrected chi connectivity index (χ4v) is 3.59. The Morgan fingerprint density at radius 3 is 2.39 bits per heavy atom. The van der Waals surface area contributed by atoms with Crippen molar-refractivity contribution in [1.29, 1.82) is 0 Å². The Morgan fingerprint density at radius 2 is 1.79 bits per heavy atom. The molecule has 0 aliphatic heterocycles. The summed E-state index contributed by atoms with van der Waals surface area (Å²) in [5, 5.41) is -0.291. The summed E-state index contributed by atoms with van der Waals surface area (Å²) in [5.41, 5.74) is -0.479. The number of hydrogen-bond acceptors (Lipinski definition) is 7. The van der Waals surface area contributed by atoms with Crippen LogP contribution in [0.15, 0.2) is 38.9 Å². The fraction of sp³-hybridized carbons (Fsp3) is 0.278. The molecular formula is C18H17FN4O4S. The summed E-state index contributed by atoms with van der Waals surface area (Å²) in [5.74, 6) is -0.697. The Bertz CT molecular complexity index is 1190. The third kappa shape index (κ3) is 3.42. The van der Waals surface area contributed by atoms with Gasteiger partial charge in [0.2, 0.25) is 0 Å². The summed E-state index contributed by atoms with van der Waals surface area (Å²) in [6.07, 6.45) is 0. The van der Waals surface area contributed by atoms with Gasteiger partial charge in [-0.05, 0) is 31.2 Å². The molecule has 0 radical (unpaired) electrons. The van der Waals surface area contributed by atoms with E-state index >= 15 is 0 Å². The maximum Gasteiger partial charge on any atom is 0.332 e. The van der Waals surface area contributed by atoms with Crippen LogP contribution in [-0.4, -0.2) is 37.4 Å². The molecule has 0 aliphatic rings. The molecule has 0 aliphatic carbocycles. The molecule has 1 aromatic carbocycles. The zero-order valence-corrected chi connectivity index (χ0v) is 16.4. The SMILES string of the molecule is COC(=O)[C@@H](C)Sc1nc(-c2ccc(F)cc2)nc2c1c(=O)n(C)c(=O)n2C. The molecule has 0 spiro atoms. The maximum atomic E-state index is 13.3. The van der Waals surface area contributed by atoms with E-state index < -0.39 is 28.3 Å². The van der Waals surface area contributed by atoms with Gasteiger partial charge in [0.05, 0.1) is 7.11 Å². The van der Waals surface area contributed by atoms with Crippen LogP contribution in [0.4, 0.5) is 4.39 Å². The number of esters is 1. The number of carbonyl (C=O) groups is 1. The van der Waals surface area contributed by atoms with Crippen LogP contribution in [0.2, 0.25) is 0 Å². The lowest BCUT2D eigenvalue weighted by molar-refractivity contribution is -0.139. The molecule has 2 heterocycles. The van der Waals surface area contributed by atoms with Gasteiger partial charge in [-0.1, -0.05) is 11.8 Å². The van der Waals surface area contributed by atoms with Crippen molar-refractivity contribution in [2.75, 3.05) is 7.11 Å². The van der Waals surface area contributed by atoms with Crippen molar-refractivity contribution in [3.63, 3.8) is 0 Å². The first-order valence-electron chi connectivity index (χ1n) is 8.22. The molecule has 1 atom stereocenters. The van der Waals surface area contributed by atoms with Crippen molar-refractivity contribution in [2.45, 2.75) is 17.2 Å². The highest BCUT2D eigenvalue weighted by atomic mass is 32.2. The molecule has 146 valence electrons. The zero-order valence-electron chi connectivity index (χ0n) is 15.6. The van der Waals surface area contributed by atoms with E-state index in [4.69, 9.17) is 4.74 Å². The van der Waals surface area contributed by atoms with Crippen LogP contribution in [0.1, 0.15) is 6.92 Å². The van der Waals surface area contributed by atoms with Crippen LogP contribution in [0.3, 0.4) is 0 Å². The van der Waals surface area contributed by atoms with E-state index in [1.807, 2.05) is 0 Å². The number of ether oxygens (including phenoxy) is 1. The smallest absolute Gasteiger partial charge is 0.332 e. The number of thioether (sulfide) groups is 1. The average Bonchev–Trinajstić information content (AvgIpc) is 2.69. The summed E-state index contributed by atoms with van der Waals surface area (Å²) in [7, 11) is 4.12. The first-order valence-corrected chi connectivity index (χ1v) is 9.10. The van der Waals surface area contributed by atoms with E-state index in [2.05, 4.69) is 9.97 Å². The summed E-state index contributed by atoms with van der Waals surface area (Å²) in [6, 6.07) is 5.51. The molecule has 28 heavy (non-hydrogen) atoms. The number of aromatic nitrogens is 4. The Morgan fingerprint density at radius 1 is 1.14 bits per heavy atom. The molecule has 0 amide bonds. The van der Waals surface area contributed by atoms with E-state index in [0.29, 0.717) is 5.56 Å². The molecule has 0 saturated heterocycles. The average molecular weight is 404 g/mol. The number of halogens is 1. The Balaban J connectivity index is 2.33. The van der Waals surface area contributed by atoms with Gasteiger partial charge in [0.15, 0.2) is 11.5 Å². The number of rotatable bonds is 4. The quantitative estimate of drug-likeness (QED) is 0.369. The number of fused-ring (bicyclic) bond motifs is 1. The summed E-state index contributed by atoms with van der Waals surface area (Å²) in [4.78, 5) is 45.7. The van der Waals surface area contributed by atoms with Crippen LogP contribution in [0.5, 0.6) is 0 Å². The van der Waals surface area contributed by atoms with Crippen molar-refractivity contribution in [3.05, 3.63) is 50.9 Å². The van der Waals surface area contributed by atoms with E-state index in [1.165, 1.54) is 50.0 Å². The van der Waals surface area contributed by atoms with Crippen LogP contribution < -0.4 is 11.2 Å². The third-order valence-corrected chi connectivity index (χ3v) is 5.26. The molecule has 0 N–H and O–H groups in total. The normalized spacial score (nSPS) is 12.2. The molecular weight excluding hydrogens is 387 g/mol. The van der Waals surface area contributed by atoms with Gasteiger partial charge in [0.25, 0.3) is 5.56 Å². The minimum absolute atomic E-state index is 0.121. The van der Waals surface area contributed by atoms with E-state index in [1.54, 1.807) is 6.92 Å². The summed E-state index contributed by atoms with van der Waals surface area (Å²) < 4.78 is 20.2. The van der Waals surface area contributed by atoms with Gasteiger partial charge >= 0.3 is 11.7 Å². The van der Waals surface area contributed by atoms with Gasteiger partial charge in [0.1, 0.15) is 21.5 Å². The van der Waals surface area contributed by atoms with Crippen LogP contribution in [-0.2, 0) is 23.6 Å². The molecule has 0 saturated carbocycles. The predicted octanol–water partition coefficient (Wildman–Crippen LogP) is 1.49. The first kappa shape index (κ1) is 19.7. The second-order valence-electron chi connectivity index (χ2n) is 6.05. The summed E-state index contributed by atoms with van der Waals surface area (Å²) >= 11 is 1.03. The molecule has 0 unspecified atom stereocenters. The highest BCUT2D eigenvalue weighted by Gasteiger charge is 2.22. The standard InChI is InChI=1S/C18H17FN4O4S/c1-9(17(25)27-4)28-15-12-14(22(2)18(26)23(3)16(12)24)20-13(21-15)10-5-7-11(19)8-6-10/h5-9H,1-4H3/t9-/m1/s1.